The quantitative estimate of drug-likeness (QED) is 0.848. The molecule has 3 rings (SSSR count). The molecule has 0 aliphatic carbocycles. The van der Waals surface area contributed by atoms with Crippen LogP contribution in [-0.4, -0.2) is 41.0 Å². The number of halogens is 2. The van der Waals surface area contributed by atoms with Crippen LogP contribution in [-0.2, 0) is 0 Å². The van der Waals surface area contributed by atoms with Gasteiger partial charge in [0.05, 0.1) is 19.3 Å². The molecule has 7 heteroatoms. The van der Waals surface area contributed by atoms with Crippen LogP contribution in [0.5, 0.6) is 5.75 Å². The molecule has 0 unspecified atom stereocenters. The Morgan fingerprint density at radius 1 is 1.24 bits per heavy atom. The van der Waals surface area contributed by atoms with Crippen molar-refractivity contribution in [3.05, 3.63) is 35.2 Å². The number of nitrogens with one attached hydrogen (secondary N) is 1. The van der Waals surface area contributed by atoms with Crippen molar-refractivity contribution in [1.82, 2.24) is 14.9 Å². The minimum atomic E-state index is -0.392. The number of aliphatic hydroxyl groups excluding tert-OH is 1. The first kappa shape index (κ1) is 21.8. The van der Waals surface area contributed by atoms with Gasteiger partial charge in [0.15, 0.2) is 0 Å². The number of ether oxygens (including phenoxy) is 1. The summed E-state index contributed by atoms with van der Waals surface area (Å²) < 4.78 is 7.60. The number of piperidine rings is 1. The lowest BCUT2D eigenvalue weighted by Crippen LogP contribution is -2.41. The minimum absolute atomic E-state index is 0. The van der Waals surface area contributed by atoms with Crippen LogP contribution < -0.4 is 10.1 Å². The molecule has 1 aromatic heterocycles. The molecule has 5 nitrogen and oxygen atoms in total. The molecule has 1 aromatic carbocycles. The summed E-state index contributed by atoms with van der Waals surface area (Å²) in [5.74, 6) is 1.83. The second kappa shape index (κ2) is 8.90. The Morgan fingerprint density at radius 2 is 1.96 bits per heavy atom. The van der Waals surface area contributed by atoms with E-state index in [4.69, 9.17) is 4.74 Å². The Kier molecular flexibility index (Phi) is 7.75. The fourth-order valence-electron chi connectivity index (χ4n) is 3.53. The van der Waals surface area contributed by atoms with Crippen molar-refractivity contribution in [2.75, 3.05) is 20.2 Å². The number of aryl methyl sites for hydroxylation is 1. The Hall–Kier alpha value is -1.27. The molecule has 1 fully saturated rings. The van der Waals surface area contributed by atoms with E-state index in [1.807, 2.05) is 12.4 Å². The van der Waals surface area contributed by atoms with Gasteiger partial charge in [-0.2, -0.15) is 0 Å². The maximum absolute atomic E-state index is 10.4. The number of rotatable bonds is 3. The van der Waals surface area contributed by atoms with Crippen LogP contribution >= 0.6 is 24.8 Å². The predicted octanol–water partition coefficient (Wildman–Crippen LogP) is 3.22. The number of imidazole rings is 1. The largest absolute Gasteiger partial charge is 0.496 e. The first-order valence-electron chi connectivity index (χ1n) is 8.11. The van der Waals surface area contributed by atoms with E-state index in [0.29, 0.717) is 6.54 Å². The van der Waals surface area contributed by atoms with Gasteiger partial charge in [0.1, 0.15) is 11.6 Å². The van der Waals surface area contributed by atoms with Crippen molar-refractivity contribution in [3.8, 4) is 17.1 Å². The number of benzene rings is 1. The number of aliphatic hydroxyl groups is 1. The van der Waals surface area contributed by atoms with E-state index in [9.17, 15) is 5.11 Å². The molecule has 0 spiro atoms. The molecule has 1 saturated heterocycles. The number of β-amino-alcohol motifs (C(OH)–C–C–N with tert-alkyl or cyclic N) is 1. The highest BCUT2D eigenvalue weighted by atomic mass is 35.5. The number of nitrogens with zero attached hydrogens (tertiary/aromatic N) is 2. The summed E-state index contributed by atoms with van der Waals surface area (Å²) >= 11 is 0. The molecule has 0 saturated carbocycles. The van der Waals surface area contributed by atoms with Crippen molar-refractivity contribution in [1.29, 1.82) is 0 Å². The zero-order valence-electron chi connectivity index (χ0n) is 15.1. The maximum Gasteiger partial charge on any atom is 0.140 e. The summed E-state index contributed by atoms with van der Waals surface area (Å²) in [4.78, 5) is 4.60. The standard InChI is InChI=1S/C18H25N3O2.2ClH/c1-11-9-16(23-4)12(2)13(3)17(11)18-20-7-8-21(18)14-5-6-19-10-15(14)22;;/h7-9,14-15,19,22H,5-6,10H2,1-4H3;2*1H/t14-,15-;;/m0../s1. The summed E-state index contributed by atoms with van der Waals surface area (Å²) in [6.45, 7) is 7.81. The van der Waals surface area contributed by atoms with Gasteiger partial charge < -0.3 is 19.7 Å². The summed E-state index contributed by atoms with van der Waals surface area (Å²) in [5, 5.41) is 13.6. The third kappa shape index (κ3) is 3.95. The number of hydrogen-bond donors (Lipinski definition) is 2. The third-order valence-corrected chi connectivity index (χ3v) is 4.93. The van der Waals surface area contributed by atoms with Crippen LogP contribution in [0.2, 0.25) is 0 Å². The molecule has 2 aromatic rings. The minimum Gasteiger partial charge on any atom is -0.496 e. The topological polar surface area (TPSA) is 59.3 Å². The van der Waals surface area contributed by atoms with Crippen molar-refractivity contribution in [3.63, 3.8) is 0 Å². The molecule has 1 aliphatic rings. The fourth-order valence-corrected chi connectivity index (χ4v) is 3.53. The van der Waals surface area contributed by atoms with E-state index in [1.165, 1.54) is 5.56 Å². The molecule has 25 heavy (non-hydrogen) atoms. The van der Waals surface area contributed by atoms with Crippen LogP contribution in [0.25, 0.3) is 11.4 Å². The molecular formula is C18H27Cl2N3O2. The highest BCUT2D eigenvalue weighted by molar-refractivity contribution is 5.85. The number of methoxy groups -OCH3 is 1. The van der Waals surface area contributed by atoms with Gasteiger partial charge in [0, 0.05) is 24.5 Å². The lowest BCUT2D eigenvalue weighted by Gasteiger charge is -2.31. The van der Waals surface area contributed by atoms with E-state index < -0.39 is 6.10 Å². The molecule has 2 atom stereocenters. The van der Waals surface area contributed by atoms with Crippen LogP contribution in [0.4, 0.5) is 0 Å². The maximum atomic E-state index is 10.4. The van der Waals surface area contributed by atoms with Crippen LogP contribution in [0, 0.1) is 20.8 Å². The molecule has 2 heterocycles. The fraction of sp³-hybridized carbons (Fsp3) is 0.500. The SMILES string of the molecule is COc1cc(C)c(-c2nccn2[C@H]2CCNC[C@@H]2O)c(C)c1C.Cl.Cl. The summed E-state index contributed by atoms with van der Waals surface area (Å²) in [6.07, 6.45) is 4.31. The van der Waals surface area contributed by atoms with Gasteiger partial charge in [-0.1, -0.05) is 0 Å². The van der Waals surface area contributed by atoms with Crippen LogP contribution in [0.15, 0.2) is 18.5 Å². The zero-order valence-corrected chi connectivity index (χ0v) is 16.7. The van der Waals surface area contributed by atoms with E-state index in [1.54, 1.807) is 7.11 Å². The van der Waals surface area contributed by atoms with E-state index in [0.717, 1.165) is 41.2 Å². The third-order valence-electron chi connectivity index (χ3n) is 4.93. The Bertz CT molecular complexity index is 719. The second-order valence-electron chi connectivity index (χ2n) is 6.31. The van der Waals surface area contributed by atoms with Crippen LogP contribution in [0.3, 0.4) is 0 Å². The molecule has 0 radical (unpaired) electrons. The lowest BCUT2D eigenvalue weighted by atomic mass is 9.95. The highest BCUT2D eigenvalue weighted by Gasteiger charge is 2.27. The van der Waals surface area contributed by atoms with Crippen molar-refractivity contribution in [2.24, 2.45) is 0 Å². The monoisotopic (exact) mass is 387 g/mol. The van der Waals surface area contributed by atoms with E-state index in [-0.39, 0.29) is 30.9 Å². The van der Waals surface area contributed by atoms with Gasteiger partial charge >= 0.3 is 0 Å². The average molecular weight is 388 g/mol. The van der Waals surface area contributed by atoms with Gasteiger partial charge in [-0.3, -0.25) is 0 Å². The molecule has 0 amide bonds. The van der Waals surface area contributed by atoms with E-state index >= 15 is 0 Å². The summed E-state index contributed by atoms with van der Waals surface area (Å²) in [6, 6.07) is 2.13. The average Bonchev–Trinajstić information content (AvgIpc) is 3.00. The first-order valence-corrected chi connectivity index (χ1v) is 8.11. The van der Waals surface area contributed by atoms with Gasteiger partial charge in [-0.15, -0.1) is 24.8 Å². The van der Waals surface area contributed by atoms with Gasteiger partial charge in [0.25, 0.3) is 0 Å². The van der Waals surface area contributed by atoms with Gasteiger partial charge in [-0.05, 0) is 56.5 Å². The Balaban J connectivity index is 0.00000156. The van der Waals surface area contributed by atoms with Crippen molar-refractivity contribution >= 4 is 24.8 Å². The second-order valence-corrected chi connectivity index (χ2v) is 6.31. The highest BCUT2D eigenvalue weighted by Crippen LogP contribution is 2.35. The van der Waals surface area contributed by atoms with Gasteiger partial charge in [0.2, 0.25) is 0 Å². The summed E-state index contributed by atoms with van der Waals surface area (Å²) in [7, 11) is 1.70. The summed E-state index contributed by atoms with van der Waals surface area (Å²) in [5.41, 5.74) is 4.59. The Morgan fingerprint density at radius 3 is 2.60 bits per heavy atom. The lowest BCUT2D eigenvalue weighted by molar-refractivity contribution is 0.0880. The molecule has 2 N–H and O–H groups in total. The smallest absolute Gasteiger partial charge is 0.140 e. The first-order chi connectivity index (χ1) is 11.0. The number of hydrogen-bond acceptors (Lipinski definition) is 4. The Labute approximate surface area is 161 Å². The normalized spacial score (nSPS) is 19.7. The molecule has 0 bridgehead atoms. The van der Waals surface area contributed by atoms with Crippen molar-refractivity contribution < 1.29 is 9.84 Å². The predicted molar refractivity (Wildman–Crippen MR) is 105 cm³/mol. The zero-order chi connectivity index (χ0) is 16.6. The van der Waals surface area contributed by atoms with Crippen LogP contribution in [0.1, 0.15) is 29.2 Å². The molecule has 140 valence electrons. The van der Waals surface area contributed by atoms with E-state index in [2.05, 4.69) is 41.7 Å². The van der Waals surface area contributed by atoms with Crippen molar-refractivity contribution in [2.45, 2.75) is 39.3 Å². The molecular weight excluding hydrogens is 361 g/mol. The number of aromatic nitrogens is 2. The molecule has 1 aliphatic heterocycles. The van der Waals surface area contributed by atoms with Gasteiger partial charge in [-0.25, -0.2) is 4.98 Å².